The minimum absolute atomic E-state index is 0.236. The Balaban J connectivity index is 2.28. The predicted octanol–water partition coefficient (Wildman–Crippen LogP) is 4.14. The van der Waals surface area contributed by atoms with E-state index in [4.69, 9.17) is 0 Å². The summed E-state index contributed by atoms with van der Waals surface area (Å²) >= 11 is 6.62. The van der Waals surface area contributed by atoms with Gasteiger partial charge in [0.2, 0.25) is 0 Å². The zero-order chi connectivity index (χ0) is 13.9. The second-order valence-corrected chi connectivity index (χ2v) is 7.05. The molecule has 0 unspecified atom stereocenters. The minimum Gasteiger partial charge on any atom is -0.280 e. The summed E-state index contributed by atoms with van der Waals surface area (Å²) in [5, 5.41) is 0.681. The lowest BCUT2D eigenvalue weighted by atomic mass is 10.2. The predicted molar refractivity (Wildman–Crippen MR) is 84.0 cm³/mol. The number of hydrogen-bond donors (Lipinski definition) is 1. The first-order chi connectivity index (χ1) is 9.01. The summed E-state index contributed by atoms with van der Waals surface area (Å²) < 4.78 is 27.8. The number of benzene rings is 2. The molecular formula is C13H11Br2NO2S. The van der Waals surface area contributed by atoms with Gasteiger partial charge in [0.05, 0.1) is 4.90 Å². The maximum Gasteiger partial charge on any atom is 0.261 e. The Bertz CT molecular complexity index is 669. The van der Waals surface area contributed by atoms with Gasteiger partial charge in [-0.3, -0.25) is 4.72 Å². The third-order valence-corrected chi connectivity index (χ3v) is 5.03. The molecule has 0 saturated carbocycles. The number of nitrogens with one attached hydrogen (secondary N) is 1. The highest BCUT2D eigenvalue weighted by molar-refractivity contribution is 9.10. The van der Waals surface area contributed by atoms with Crippen LogP contribution in [0, 0.1) is 0 Å². The molecule has 0 radical (unpaired) electrons. The quantitative estimate of drug-likeness (QED) is 0.778. The first-order valence-electron chi connectivity index (χ1n) is 5.44. The summed E-state index contributed by atoms with van der Waals surface area (Å²) in [6, 6.07) is 13.8. The molecule has 0 aliphatic heterocycles. The van der Waals surface area contributed by atoms with Crippen LogP contribution in [0.4, 0.5) is 5.69 Å². The first kappa shape index (κ1) is 14.6. The van der Waals surface area contributed by atoms with Crippen LogP contribution >= 0.6 is 31.9 Å². The number of rotatable bonds is 4. The summed E-state index contributed by atoms with van der Waals surface area (Å²) in [6.07, 6.45) is 0. The molecule has 0 amide bonds. The lowest BCUT2D eigenvalue weighted by molar-refractivity contribution is 0.601. The average molecular weight is 405 g/mol. The normalized spacial score (nSPS) is 11.3. The third-order valence-electron chi connectivity index (χ3n) is 2.46. The van der Waals surface area contributed by atoms with E-state index in [0.717, 1.165) is 10.0 Å². The monoisotopic (exact) mass is 403 g/mol. The van der Waals surface area contributed by atoms with Crippen molar-refractivity contribution in [3.05, 3.63) is 58.6 Å². The highest BCUT2D eigenvalue weighted by Crippen LogP contribution is 2.20. The Labute approximate surface area is 129 Å². The molecule has 0 aromatic heterocycles. The van der Waals surface area contributed by atoms with E-state index in [1.165, 1.54) is 0 Å². The van der Waals surface area contributed by atoms with Gasteiger partial charge in [-0.15, -0.1) is 0 Å². The van der Waals surface area contributed by atoms with E-state index in [-0.39, 0.29) is 4.90 Å². The molecular weight excluding hydrogens is 394 g/mol. The smallest absolute Gasteiger partial charge is 0.261 e. The molecule has 0 saturated heterocycles. The molecule has 0 spiro atoms. The summed E-state index contributed by atoms with van der Waals surface area (Å²) in [6.45, 7) is 0. The van der Waals surface area contributed by atoms with E-state index in [9.17, 15) is 8.42 Å². The van der Waals surface area contributed by atoms with Crippen molar-refractivity contribution in [1.29, 1.82) is 0 Å². The zero-order valence-electron chi connectivity index (χ0n) is 9.81. The molecule has 2 rings (SSSR count). The molecule has 0 heterocycles. The third kappa shape index (κ3) is 3.81. The number of anilines is 1. The van der Waals surface area contributed by atoms with Gasteiger partial charge in [-0.25, -0.2) is 8.42 Å². The van der Waals surface area contributed by atoms with E-state index < -0.39 is 10.0 Å². The molecule has 0 aliphatic carbocycles. The Hall–Kier alpha value is -0.850. The van der Waals surface area contributed by atoms with Crippen LogP contribution in [0.15, 0.2) is 57.9 Å². The molecule has 19 heavy (non-hydrogen) atoms. The van der Waals surface area contributed by atoms with Crippen molar-refractivity contribution in [3.8, 4) is 0 Å². The Morgan fingerprint density at radius 2 is 1.74 bits per heavy atom. The van der Waals surface area contributed by atoms with Crippen molar-refractivity contribution in [2.75, 3.05) is 4.72 Å². The standard InChI is InChI=1S/C13H11Br2NO2S/c14-9-10-2-1-3-12(8-10)16-19(17,18)13-6-4-11(15)5-7-13/h1-8,16H,9H2. The van der Waals surface area contributed by atoms with Crippen molar-refractivity contribution < 1.29 is 8.42 Å². The Kier molecular flexibility index (Phi) is 4.65. The van der Waals surface area contributed by atoms with Gasteiger partial charge in [-0.05, 0) is 42.0 Å². The summed E-state index contributed by atoms with van der Waals surface area (Å²) in [7, 11) is -3.54. The molecule has 1 N–H and O–H groups in total. The van der Waals surface area contributed by atoms with Crippen LogP contribution in [0.3, 0.4) is 0 Å². The number of halogens is 2. The van der Waals surface area contributed by atoms with Crippen molar-refractivity contribution in [1.82, 2.24) is 0 Å². The van der Waals surface area contributed by atoms with E-state index in [1.807, 2.05) is 12.1 Å². The second kappa shape index (κ2) is 6.07. The van der Waals surface area contributed by atoms with Gasteiger partial charge in [0.1, 0.15) is 0 Å². The molecule has 2 aromatic rings. The fourth-order valence-electron chi connectivity index (χ4n) is 1.55. The van der Waals surface area contributed by atoms with Gasteiger partial charge in [-0.1, -0.05) is 44.0 Å². The van der Waals surface area contributed by atoms with Crippen molar-refractivity contribution in [3.63, 3.8) is 0 Å². The van der Waals surface area contributed by atoms with Crippen LogP contribution in [-0.4, -0.2) is 8.42 Å². The van der Waals surface area contributed by atoms with E-state index in [2.05, 4.69) is 36.6 Å². The minimum atomic E-state index is -3.54. The summed E-state index contributed by atoms with van der Waals surface area (Å²) in [4.78, 5) is 0.236. The van der Waals surface area contributed by atoms with E-state index >= 15 is 0 Å². The molecule has 0 bridgehead atoms. The number of hydrogen-bond acceptors (Lipinski definition) is 2. The van der Waals surface area contributed by atoms with Crippen molar-refractivity contribution in [2.45, 2.75) is 10.2 Å². The molecule has 0 atom stereocenters. The topological polar surface area (TPSA) is 46.2 Å². The van der Waals surface area contributed by atoms with Gasteiger partial charge in [0.15, 0.2) is 0 Å². The van der Waals surface area contributed by atoms with Gasteiger partial charge in [0.25, 0.3) is 10.0 Å². The highest BCUT2D eigenvalue weighted by Gasteiger charge is 2.13. The molecule has 0 aliphatic rings. The van der Waals surface area contributed by atoms with Crippen LogP contribution in [0.2, 0.25) is 0 Å². The first-order valence-corrected chi connectivity index (χ1v) is 8.84. The number of sulfonamides is 1. The molecule has 2 aromatic carbocycles. The van der Waals surface area contributed by atoms with E-state index in [1.54, 1.807) is 36.4 Å². The second-order valence-electron chi connectivity index (χ2n) is 3.89. The van der Waals surface area contributed by atoms with Crippen LogP contribution in [0.25, 0.3) is 0 Å². The SMILES string of the molecule is O=S(=O)(Nc1cccc(CBr)c1)c1ccc(Br)cc1. The lowest BCUT2D eigenvalue weighted by Crippen LogP contribution is -2.12. The van der Waals surface area contributed by atoms with E-state index in [0.29, 0.717) is 11.0 Å². The van der Waals surface area contributed by atoms with Gasteiger partial charge < -0.3 is 0 Å². The van der Waals surface area contributed by atoms with Crippen LogP contribution < -0.4 is 4.72 Å². The maximum absolute atomic E-state index is 12.2. The fourth-order valence-corrected chi connectivity index (χ4v) is 3.21. The summed E-state index contributed by atoms with van der Waals surface area (Å²) in [5.41, 5.74) is 1.57. The Morgan fingerprint density at radius 1 is 1.05 bits per heavy atom. The van der Waals surface area contributed by atoms with Gasteiger partial charge in [0, 0.05) is 15.5 Å². The maximum atomic E-state index is 12.2. The van der Waals surface area contributed by atoms with Gasteiger partial charge in [-0.2, -0.15) is 0 Å². The zero-order valence-corrected chi connectivity index (χ0v) is 13.8. The molecule has 0 fully saturated rings. The highest BCUT2D eigenvalue weighted by atomic mass is 79.9. The fraction of sp³-hybridized carbons (Fsp3) is 0.0769. The van der Waals surface area contributed by atoms with Crippen LogP contribution in [0.5, 0.6) is 0 Å². The molecule has 6 heteroatoms. The average Bonchev–Trinajstić information content (AvgIpc) is 2.39. The molecule has 3 nitrogen and oxygen atoms in total. The summed E-state index contributed by atoms with van der Waals surface area (Å²) in [5.74, 6) is 0. The van der Waals surface area contributed by atoms with Crippen LogP contribution in [0.1, 0.15) is 5.56 Å². The van der Waals surface area contributed by atoms with Crippen LogP contribution in [-0.2, 0) is 15.4 Å². The lowest BCUT2D eigenvalue weighted by Gasteiger charge is -2.09. The van der Waals surface area contributed by atoms with Gasteiger partial charge >= 0.3 is 0 Å². The Morgan fingerprint density at radius 3 is 2.37 bits per heavy atom. The van der Waals surface area contributed by atoms with Crippen molar-refractivity contribution >= 4 is 47.6 Å². The number of alkyl halides is 1. The largest absolute Gasteiger partial charge is 0.280 e. The van der Waals surface area contributed by atoms with Crippen molar-refractivity contribution in [2.24, 2.45) is 0 Å². The molecule has 100 valence electrons.